The number of pyridine rings is 2. The van der Waals surface area contributed by atoms with E-state index < -0.39 is 0 Å². The van der Waals surface area contributed by atoms with Crippen molar-refractivity contribution in [3.8, 4) is 0 Å². The van der Waals surface area contributed by atoms with Gasteiger partial charge in [-0.25, -0.2) is 4.98 Å². The van der Waals surface area contributed by atoms with Crippen molar-refractivity contribution in [2.24, 2.45) is 0 Å². The summed E-state index contributed by atoms with van der Waals surface area (Å²) < 4.78 is 0. The normalized spacial score (nSPS) is 14.5. The SMILES string of the molecule is Cl.O=C(c1cccnc1)N1CCN(c2ccccn2)CC1. The molecule has 1 aliphatic rings. The Kier molecular flexibility index (Phi) is 5.11. The molecular formula is C15H17ClN4O. The van der Waals surface area contributed by atoms with Crippen LogP contribution in [0, 0.1) is 0 Å². The van der Waals surface area contributed by atoms with Crippen LogP contribution in [-0.4, -0.2) is 47.0 Å². The summed E-state index contributed by atoms with van der Waals surface area (Å²) in [5.41, 5.74) is 0.652. The van der Waals surface area contributed by atoms with E-state index >= 15 is 0 Å². The summed E-state index contributed by atoms with van der Waals surface area (Å²) in [5.74, 6) is 1.03. The number of carbonyl (C=O) groups is 1. The van der Waals surface area contributed by atoms with E-state index in [1.165, 1.54) is 0 Å². The Labute approximate surface area is 130 Å². The Hall–Kier alpha value is -2.14. The molecule has 0 spiro atoms. The fourth-order valence-electron chi connectivity index (χ4n) is 2.35. The number of hydrogen-bond acceptors (Lipinski definition) is 4. The fourth-order valence-corrected chi connectivity index (χ4v) is 2.35. The predicted octanol–water partition coefficient (Wildman–Crippen LogP) is 1.86. The third-order valence-electron chi connectivity index (χ3n) is 3.45. The number of carbonyl (C=O) groups excluding carboxylic acids is 1. The van der Waals surface area contributed by atoms with E-state index in [0.717, 1.165) is 18.9 Å². The molecule has 0 saturated carbocycles. The molecule has 0 radical (unpaired) electrons. The van der Waals surface area contributed by atoms with Gasteiger partial charge in [-0.3, -0.25) is 9.78 Å². The second-order valence-electron chi connectivity index (χ2n) is 4.71. The largest absolute Gasteiger partial charge is 0.353 e. The van der Waals surface area contributed by atoms with Gasteiger partial charge in [0.05, 0.1) is 5.56 Å². The average Bonchev–Trinajstić information content (AvgIpc) is 2.56. The van der Waals surface area contributed by atoms with Gasteiger partial charge in [-0.2, -0.15) is 0 Å². The van der Waals surface area contributed by atoms with Gasteiger partial charge in [0.15, 0.2) is 0 Å². The van der Waals surface area contributed by atoms with Crippen LogP contribution in [0.5, 0.6) is 0 Å². The maximum atomic E-state index is 12.3. The van der Waals surface area contributed by atoms with E-state index in [4.69, 9.17) is 0 Å². The topological polar surface area (TPSA) is 49.3 Å². The smallest absolute Gasteiger partial charge is 0.255 e. The molecule has 21 heavy (non-hydrogen) atoms. The molecule has 1 aliphatic heterocycles. The lowest BCUT2D eigenvalue weighted by Gasteiger charge is -2.35. The zero-order chi connectivity index (χ0) is 13.8. The molecule has 1 saturated heterocycles. The van der Waals surface area contributed by atoms with Crippen LogP contribution >= 0.6 is 12.4 Å². The fraction of sp³-hybridized carbons (Fsp3) is 0.267. The lowest BCUT2D eigenvalue weighted by Crippen LogP contribution is -2.49. The van der Waals surface area contributed by atoms with Crippen molar-refractivity contribution in [2.75, 3.05) is 31.1 Å². The first kappa shape index (κ1) is 15.3. The highest BCUT2D eigenvalue weighted by molar-refractivity contribution is 5.94. The van der Waals surface area contributed by atoms with Crippen LogP contribution < -0.4 is 4.90 Å². The minimum absolute atomic E-state index is 0. The summed E-state index contributed by atoms with van der Waals surface area (Å²) >= 11 is 0. The molecule has 0 aromatic carbocycles. The molecular weight excluding hydrogens is 288 g/mol. The van der Waals surface area contributed by atoms with Gasteiger partial charge < -0.3 is 9.80 Å². The highest BCUT2D eigenvalue weighted by Crippen LogP contribution is 2.14. The molecule has 2 aromatic heterocycles. The minimum Gasteiger partial charge on any atom is -0.353 e. The summed E-state index contributed by atoms with van der Waals surface area (Å²) in [6, 6.07) is 9.48. The highest BCUT2D eigenvalue weighted by Gasteiger charge is 2.22. The van der Waals surface area contributed by atoms with Crippen LogP contribution in [-0.2, 0) is 0 Å². The second kappa shape index (κ2) is 7.04. The van der Waals surface area contributed by atoms with Gasteiger partial charge in [0.25, 0.3) is 5.91 Å². The van der Waals surface area contributed by atoms with Crippen LogP contribution in [0.1, 0.15) is 10.4 Å². The zero-order valence-electron chi connectivity index (χ0n) is 11.6. The molecule has 6 heteroatoms. The molecule has 0 unspecified atom stereocenters. The monoisotopic (exact) mass is 304 g/mol. The molecule has 0 atom stereocenters. The average molecular weight is 305 g/mol. The van der Waals surface area contributed by atoms with Gasteiger partial charge >= 0.3 is 0 Å². The Morgan fingerprint density at radius 3 is 2.43 bits per heavy atom. The Morgan fingerprint density at radius 1 is 1.00 bits per heavy atom. The highest BCUT2D eigenvalue weighted by atomic mass is 35.5. The summed E-state index contributed by atoms with van der Waals surface area (Å²) in [7, 11) is 0. The van der Waals surface area contributed by atoms with E-state index in [2.05, 4.69) is 14.9 Å². The minimum atomic E-state index is 0. The summed E-state index contributed by atoms with van der Waals surface area (Å²) in [5, 5.41) is 0. The van der Waals surface area contributed by atoms with Crippen molar-refractivity contribution in [1.29, 1.82) is 0 Å². The Morgan fingerprint density at radius 2 is 1.81 bits per heavy atom. The van der Waals surface area contributed by atoms with Crippen molar-refractivity contribution in [3.05, 3.63) is 54.5 Å². The van der Waals surface area contributed by atoms with Gasteiger partial charge in [-0.05, 0) is 24.3 Å². The van der Waals surface area contributed by atoms with Gasteiger partial charge in [0.2, 0.25) is 0 Å². The van der Waals surface area contributed by atoms with E-state index in [-0.39, 0.29) is 18.3 Å². The second-order valence-corrected chi connectivity index (χ2v) is 4.71. The van der Waals surface area contributed by atoms with Gasteiger partial charge in [0.1, 0.15) is 5.82 Å². The van der Waals surface area contributed by atoms with Gasteiger partial charge in [-0.15, -0.1) is 12.4 Å². The molecule has 0 bridgehead atoms. The lowest BCUT2D eigenvalue weighted by molar-refractivity contribution is 0.0746. The Balaban J connectivity index is 0.00000161. The number of piperazine rings is 1. The first-order chi connectivity index (χ1) is 9.84. The molecule has 2 aromatic rings. The number of hydrogen-bond donors (Lipinski definition) is 0. The predicted molar refractivity (Wildman–Crippen MR) is 83.8 cm³/mol. The van der Waals surface area contributed by atoms with E-state index in [1.54, 1.807) is 30.7 Å². The number of amides is 1. The van der Waals surface area contributed by atoms with Crippen LogP contribution in [0.2, 0.25) is 0 Å². The van der Waals surface area contributed by atoms with Crippen LogP contribution in [0.3, 0.4) is 0 Å². The first-order valence-corrected chi connectivity index (χ1v) is 6.70. The van der Waals surface area contributed by atoms with Crippen LogP contribution in [0.4, 0.5) is 5.82 Å². The van der Waals surface area contributed by atoms with E-state index in [1.807, 2.05) is 23.1 Å². The standard InChI is InChI=1S/C15H16N4O.ClH/c20-15(13-4-3-6-16-12-13)19-10-8-18(9-11-19)14-5-1-2-7-17-14;/h1-7,12H,8-11H2;1H. The van der Waals surface area contributed by atoms with E-state index in [0.29, 0.717) is 18.7 Å². The number of nitrogens with zero attached hydrogens (tertiary/aromatic N) is 4. The van der Waals surface area contributed by atoms with Gasteiger partial charge in [-0.1, -0.05) is 6.07 Å². The summed E-state index contributed by atoms with van der Waals surface area (Å²) in [4.78, 5) is 24.7. The molecule has 3 rings (SSSR count). The number of rotatable bonds is 2. The van der Waals surface area contributed by atoms with Crippen molar-refractivity contribution < 1.29 is 4.79 Å². The lowest BCUT2D eigenvalue weighted by atomic mass is 10.2. The van der Waals surface area contributed by atoms with E-state index in [9.17, 15) is 4.79 Å². The van der Waals surface area contributed by atoms with Crippen LogP contribution in [0.25, 0.3) is 0 Å². The molecule has 5 nitrogen and oxygen atoms in total. The third kappa shape index (κ3) is 3.49. The van der Waals surface area contributed by atoms with Gasteiger partial charge in [0, 0.05) is 44.8 Å². The van der Waals surface area contributed by atoms with Crippen molar-refractivity contribution in [3.63, 3.8) is 0 Å². The third-order valence-corrected chi connectivity index (χ3v) is 3.45. The van der Waals surface area contributed by atoms with Crippen molar-refractivity contribution in [1.82, 2.24) is 14.9 Å². The molecule has 110 valence electrons. The quantitative estimate of drug-likeness (QED) is 0.850. The molecule has 0 aliphatic carbocycles. The number of anilines is 1. The molecule has 1 fully saturated rings. The summed E-state index contributed by atoms with van der Waals surface area (Å²) in [6.45, 7) is 3.04. The number of aromatic nitrogens is 2. The number of halogens is 1. The first-order valence-electron chi connectivity index (χ1n) is 6.70. The van der Waals surface area contributed by atoms with Crippen molar-refractivity contribution >= 4 is 24.1 Å². The molecule has 0 N–H and O–H groups in total. The maximum absolute atomic E-state index is 12.3. The maximum Gasteiger partial charge on any atom is 0.255 e. The van der Waals surface area contributed by atoms with Crippen molar-refractivity contribution in [2.45, 2.75) is 0 Å². The van der Waals surface area contributed by atoms with Crippen LogP contribution in [0.15, 0.2) is 48.9 Å². The Bertz CT molecular complexity index is 571. The summed E-state index contributed by atoms with van der Waals surface area (Å²) in [6.07, 6.45) is 5.09. The molecule has 1 amide bonds. The zero-order valence-corrected chi connectivity index (χ0v) is 12.4. The molecule has 3 heterocycles.